The van der Waals surface area contributed by atoms with Crippen LogP contribution in [0.5, 0.6) is 0 Å². The van der Waals surface area contributed by atoms with Crippen LogP contribution < -0.4 is 5.32 Å². The van der Waals surface area contributed by atoms with Gasteiger partial charge in [-0.05, 0) is 49.4 Å². The van der Waals surface area contributed by atoms with Gasteiger partial charge >= 0.3 is 11.9 Å². The summed E-state index contributed by atoms with van der Waals surface area (Å²) in [6.45, 7) is 4.57. The Bertz CT molecular complexity index is 506. The Balaban J connectivity index is 0.000000257. The molecule has 2 rings (SSSR count). The second-order valence-electron chi connectivity index (χ2n) is 5.69. The highest BCUT2D eigenvalue weighted by Gasteiger charge is 2.29. The predicted molar refractivity (Wildman–Crippen MR) is 87.9 cm³/mol. The molecule has 134 valence electrons. The maximum absolute atomic E-state index is 9.77. The lowest BCUT2D eigenvalue weighted by Gasteiger charge is -2.23. The number of rotatable bonds is 5. The lowest BCUT2D eigenvalue weighted by atomic mass is 9.90. The van der Waals surface area contributed by atoms with Crippen LogP contribution in [0.3, 0.4) is 0 Å². The van der Waals surface area contributed by atoms with Crippen LogP contribution in [-0.4, -0.2) is 57.7 Å². The molecule has 1 fully saturated rings. The normalized spacial score (nSPS) is 17.3. The molecule has 0 bridgehead atoms. The van der Waals surface area contributed by atoms with Gasteiger partial charge < -0.3 is 25.7 Å². The summed E-state index contributed by atoms with van der Waals surface area (Å²) >= 11 is 0. The number of hydrogen-bond acceptors (Lipinski definition) is 5. The van der Waals surface area contributed by atoms with Gasteiger partial charge in [-0.25, -0.2) is 9.59 Å². The average molecular weight is 339 g/mol. The first-order valence-electron chi connectivity index (χ1n) is 7.98. The van der Waals surface area contributed by atoms with Gasteiger partial charge in [-0.2, -0.15) is 0 Å². The standard InChI is InChI=1S/C13H19N.C4H6O6/c1-2-11-3-5-12(6-4-11)13-7-9-14-10-8-13;5-1(3(7)8)2(6)4(9)10/h3-6,13-14H,2,7-10H2,1H3;1-2,5-6H,(H,7,8)(H,9,10). The molecule has 1 saturated heterocycles. The molecule has 1 aromatic rings. The third-order valence-corrected chi connectivity index (χ3v) is 4.00. The second kappa shape index (κ2) is 10.0. The largest absolute Gasteiger partial charge is 0.479 e. The fraction of sp³-hybridized carbons (Fsp3) is 0.529. The van der Waals surface area contributed by atoms with E-state index in [1.165, 1.54) is 37.1 Å². The number of aliphatic carboxylic acids is 2. The Hall–Kier alpha value is -1.96. The topological polar surface area (TPSA) is 127 Å². The number of carboxylic acid groups (broad SMARTS) is 2. The molecule has 1 aliphatic heterocycles. The highest BCUT2D eigenvalue weighted by Crippen LogP contribution is 2.25. The van der Waals surface area contributed by atoms with Crippen LogP contribution in [0.4, 0.5) is 0 Å². The first kappa shape index (κ1) is 20.1. The number of piperidine rings is 1. The van der Waals surface area contributed by atoms with Crippen molar-refractivity contribution in [2.24, 2.45) is 0 Å². The molecule has 0 amide bonds. The summed E-state index contributed by atoms with van der Waals surface area (Å²) in [4.78, 5) is 19.5. The van der Waals surface area contributed by atoms with Gasteiger partial charge in [-0.15, -0.1) is 0 Å². The second-order valence-corrected chi connectivity index (χ2v) is 5.69. The molecule has 2 unspecified atom stereocenters. The summed E-state index contributed by atoms with van der Waals surface area (Å²) in [6.07, 6.45) is -0.793. The van der Waals surface area contributed by atoms with Crippen LogP contribution in [0.15, 0.2) is 24.3 Å². The third kappa shape index (κ3) is 6.27. The summed E-state index contributed by atoms with van der Waals surface area (Å²) in [5, 5.41) is 35.9. The summed E-state index contributed by atoms with van der Waals surface area (Å²) in [5.74, 6) is -2.74. The van der Waals surface area contributed by atoms with E-state index in [2.05, 4.69) is 36.5 Å². The zero-order valence-corrected chi connectivity index (χ0v) is 13.7. The molecule has 5 N–H and O–H groups in total. The third-order valence-electron chi connectivity index (χ3n) is 4.00. The molecule has 1 aliphatic rings. The molecule has 0 radical (unpaired) electrons. The van der Waals surface area contributed by atoms with E-state index in [0.29, 0.717) is 0 Å². The highest BCUT2D eigenvalue weighted by atomic mass is 16.4. The van der Waals surface area contributed by atoms with E-state index >= 15 is 0 Å². The number of carboxylic acids is 2. The van der Waals surface area contributed by atoms with Crippen molar-refractivity contribution in [1.29, 1.82) is 0 Å². The zero-order chi connectivity index (χ0) is 18.1. The van der Waals surface area contributed by atoms with Gasteiger partial charge in [-0.1, -0.05) is 31.2 Å². The molecule has 0 aromatic heterocycles. The Morgan fingerprint density at radius 1 is 1.04 bits per heavy atom. The smallest absolute Gasteiger partial charge is 0.335 e. The van der Waals surface area contributed by atoms with E-state index < -0.39 is 24.1 Å². The van der Waals surface area contributed by atoms with Gasteiger partial charge in [0.05, 0.1) is 0 Å². The molecular formula is C17H25NO6. The number of aliphatic hydroxyl groups excluding tert-OH is 2. The van der Waals surface area contributed by atoms with Crippen LogP contribution in [0, 0.1) is 0 Å². The van der Waals surface area contributed by atoms with Crippen molar-refractivity contribution < 1.29 is 30.0 Å². The van der Waals surface area contributed by atoms with Crippen molar-refractivity contribution in [3.8, 4) is 0 Å². The van der Waals surface area contributed by atoms with Crippen molar-refractivity contribution in [3.05, 3.63) is 35.4 Å². The summed E-state index contributed by atoms with van der Waals surface area (Å²) in [5.41, 5.74) is 2.98. The maximum Gasteiger partial charge on any atom is 0.335 e. The van der Waals surface area contributed by atoms with Crippen molar-refractivity contribution in [2.45, 2.75) is 44.3 Å². The fourth-order valence-electron chi connectivity index (χ4n) is 2.45. The van der Waals surface area contributed by atoms with Gasteiger partial charge in [0, 0.05) is 0 Å². The van der Waals surface area contributed by atoms with E-state index in [-0.39, 0.29) is 0 Å². The zero-order valence-electron chi connectivity index (χ0n) is 13.7. The molecule has 1 heterocycles. The van der Waals surface area contributed by atoms with E-state index in [9.17, 15) is 9.59 Å². The van der Waals surface area contributed by atoms with Gasteiger partial charge in [0.2, 0.25) is 0 Å². The lowest BCUT2D eigenvalue weighted by molar-refractivity contribution is -0.165. The minimum absolute atomic E-state index is 0.794. The monoisotopic (exact) mass is 339 g/mol. The van der Waals surface area contributed by atoms with E-state index in [1.54, 1.807) is 0 Å². The highest BCUT2D eigenvalue weighted by molar-refractivity contribution is 5.83. The number of hydrogen-bond donors (Lipinski definition) is 5. The van der Waals surface area contributed by atoms with Crippen LogP contribution in [0.2, 0.25) is 0 Å². The number of aliphatic hydroxyl groups is 2. The summed E-state index contributed by atoms with van der Waals surface area (Å²) < 4.78 is 0. The lowest BCUT2D eigenvalue weighted by Crippen LogP contribution is -2.39. The molecular weight excluding hydrogens is 314 g/mol. The molecule has 0 aliphatic carbocycles. The van der Waals surface area contributed by atoms with Crippen molar-refractivity contribution in [3.63, 3.8) is 0 Å². The van der Waals surface area contributed by atoms with Crippen LogP contribution in [0.1, 0.15) is 36.8 Å². The number of nitrogens with one attached hydrogen (secondary N) is 1. The first-order valence-corrected chi connectivity index (χ1v) is 7.98. The van der Waals surface area contributed by atoms with Crippen molar-refractivity contribution in [2.75, 3.05) is 13.1 Å². The van der Waals surface area contributed by atoms with Gasteiger partial charge in [0.1, 0.15) is 0 Å². The van der Waals surface area contributed by atoms with Crippen LogP contribution in [0.25, 0.3) is 0 Å². The Morgan fingerprint density at radius 3 is 1.88 bits per heavy atom. The maximum atomic E-state index is 9.77. The van der Waals surface area contributed by atoms with Gasteiger partial charge in [-0.3, -0.25) is 0 Å². The summed E-state index contributed by atoms with van der Waals surface area (Å²) in [7, 11) is 0. The van der Waals surface area contributed by atoms with E-state index in [4.69, 9.17) is 20.4 Å². The Morgan fingerprint density at radius 2 is 1.50 bits per heavy atom. The summed E-state index contributed by atoms with van der Waals surface area (Å²) in [6, 6.07) is 9.18. The number of benzene rings is 1. The Kier molecular flexibility index (Phi) is 8.39. The molecule has 2 atom stereocenters. The van der Waals surface area contributed by atoms with Crippen molar-refractivity contribution >= 4 is 11.9 Å². The number of carbonyl (C=O) groups is 2. The van der Waals surface area contributed by atoms with Crippen LogP contribution >= 0.6 is 0 Å². The van der Waals surface area contributed by atoms with E-state index in [0.717, 1.165) is 12.3 Å². The molecule has 7 heteroatoms. The van der Waals surface area contributed by atoms with Gasteiger partial charge in [0.15, 0.2) is 12.2 Å². The van der Waals surface area contributed by atoms with Gasteiger partial charge in [0.25, 0.3) is 0 Å². The minimum Gasteiger partial charge on any atom is -0.479 e. The van der Waals surface area contributed by atoms with E-state index in [1.807, 2.05) is 0 Å². The minimum atomic E-state index is -2.27. The molecule has 1 aromatic carbocycles. The molecule has 0 spiro atoms. The Labute approximate surface area is 140 Å². The molecule has 7 nitrogen and oxygen atoms in total. The molecule has 24 heavy (non-hydrogen) atoms. The fourth-order valence-corrected chi connectivity index (χ4v) is 2.45. The quantitative estimate of drug-likeness (QED) is 0.531. The molecule has 0 saturated carbocycles. The average Bonchev–Trinajstić information content (AvgIpc) is 2.61. The SMILES string of the molecule is CCc1ccc(C2CCNCC2)cc1.O=C(O)C(O)C(O)C(=O)O. The number of aryl methyl sites for hydroxylation is 1. The predicted octanol–water partition coefficient (Wildman–Crippen LogP) is 0.593. The van der Waals surface area contributed by atoms with Crippen molar-refractivity contribution in [1.82, 2.24) is 5.32 Å². The first-order chi connectivity index (χ1) is 11.4. The van der Waals surface area contributed by atoms with Crippen LogP contribution in [-0.2, 0) is 16.0 Å².